The van der Waals surface area contributed by atoms with Crippen molar-refractivity contribution in [1.82, 2.24) is 9.36 Å². The molecule has 4 nitrogen and oxygen atoms in total. The molecule has 2 unspecified atom stereocenters. The average molecular weight is 226 g/mol. The van der Waals surface area contributed by atoms with E-state index >= 15 is 0 Å². The molecule has 84 valence electrons. The standard InChI is InChI=1S/C10H18N4S/c1-7-3-4-14(6-9(7)5-11)10-12-8(2)13-15-10/h7,9H,3-6,11H2,1-2H3. The van der Waals surface area contributed by atoms with Gasteiger partial charge in [0.05, 0.1) is 0 Å². The molecule has 2 atom stereocenters. The van der Waals surface area contributed by atoms with Crippen LogP contribution in [0.25, 0.3) is 0 Å². The monoisotopic (exact) mass is 226 g/mol. The van der Waals surface area contributed by atoms with Crippen LogP contribution in [-0.4, -0.2) is 29.0 Å². The van der Waals surface area contributed by atoms with Gasteiger partial charge in [-0.1, -0.05) is 6.92 Å². The lowest BCUT2D eigenvalue weighted by Gasteiger charge is -2.36. The maximum atomic E-state index is 5.78. The van der Waals surface area contributed by atoms with Gasteiger partial charge in [0.2, 0.25) is 5.13 Å². The van der Waals surface area contributed by atoms with Crippen LogP contribution in [0.2, 0.25) is 0 Å². The summed E-state index contributed by atoms with van der Waals surface area (Å²) in [4.78, 5) is 6.74. The summed E-state index contributed by atoms with van der Waals surface area (Å²) in [5, 5.41) is 1.05. The molecule has 2 heterocycles. The normalized spacial score (nSPS) is 27.0. The highest BCUT2D eigenvalue weighted by Gasteiger charge is 2.26. The molecule has 0 amide bonds. The quantitative estimate of drug-likeness (QED) is 0.825. The maximum absolute atomic E-state index is 5.78. The van der Waals surface area contributed by atoms with Crippen molar-refractivity contribution >= 4 is 16.7 Å². The Labute approximate surface area is 94.7 Å². The molecular formula is C10H18N4S. The highest BCUT2D eigenvalue weighted by molar-refractivity contribution is 7.09. The minimum absolute atomic E-state index is 0.600. The van der Waals surface area contributed by atoms with Gasteiger partial charge < -0.3 is 10.6 Å². The second-order valence-corrected chi connectivity index (χ2v) is 5.06. The fraction of sp³-hybridized carbons (Fsp3) is 0.800. The number of rotatable bonds is 2. The number of hydrogen-bond donors (Lipinski definition) is 1. The van der Waals surface area contributed by atoms with Gasteiger partial charge in [0.15, 0.2) is 0 Å². The van der Waals surface area contributed by atoms with Crippen molar-refractivity contribution in [3.05, 3.63) is 5.82 Å². The third-order valence-corrected chi connectivity index (χ3v) is 4.07. The summed E-state index contributed by atoms with van der Waals surface area (Å²) in [5.41, 5.74) is 5.78. The van der Waals surface area contributed by atoms with E-state index in [0.717, 1.165) is 36.5 Å². The van der Waals surface area contributed by atoms with Crippen LogP contribution < -0.4 is 10.6 Å². The van der Waals surface area contributed by atoms with Crippen LogP contribution in [0.3, 0.4) is 0 Å². The molecule has 1 aromatic heterocycles. The first-order valence-electron chi connectivity index (χ1n) is 5.46. The highest BCUT2D eigenvalue weighted by Crippen LogP contribution is 2.27. The van der Waals surface area contributed by atoms with E-state index in [9.17, 15) is 0 Å². The van der Waals surface area contributed by atoms with E-state index in [2.05, 4.69) is 21.2 Å². The number of aryl methyl sites for hydroxylation is 1. The zero-order chi connectivity index (χ0) is 10.8. The Balaban J connectivity index is 2.06. The van der Waals surface area contributed by atoms with Gasteiger partial charge in [-0.15, -0.1) is 0 Å². The van der Waals surface area contributed by atoms with E-state index < -0.39 is 0 Å². The van der Waals surface area contributed by atoms with Gasteiger partial charge in [-0.3, -0.25) is 0 Å². The summed E-state index contributed by atoms with van der Waals surface area (Å²) in [6, 6.07) is 0. The first-order chi connectivity index (χ1) is 7.20. The van der Waals surface area contributed by atoms with E-state index in [-0.39, 0.29) is 0 Å². The Morgan fingerprint density at radius 3 is 3.00 bits per heavy atom. The molecule has 0 aliphatic carbocycles. The van der Waals surface area contributed by atoms with Crippen LogP contribution in [0.5, 0.6) is 0 Å². The first-order valence-corrected chi connectivity index (χ1v) is 6.23. The van der Waals surface area contributed by atoms with Crippen molar-refractivity contribution in [3.8, 4) is 0 Å². The van der Waals surface area contributed by atoms with Gasteiger partial charge in [0.25, 0.3) is 0 Å². The lowest BCUT2D eigenvalue weighted by molar-refractivity contribution is 0.307. The molecule has 0 spiro atoms. The van der Waals surface area contributed by atoms with Crippen LogP contribution in [0.1, 0.15) is 19.2 Å². The van der Waals surface area contributed by atoms with Crippen LogP contribution in [0, 0.1) is 18.8 Å². The Morgan fingerprint density at radius 1 is 1.60 bits per heavy atom. The van der Waals surface area contributed by atoms with E-state index in [1.807, 2.05) is 6.92 Å². The van der Waals surface area contributed by atoms with Crippen LogP contribution >= 0.6 is 11.5 Å². The molecule has 1 fully saturated rings. The van der Waals surface area contributed by atoms with Gasteiger partial charge >= 0.3 is 0 Å². The van der Waals surface area contributed by atoms with Crippen LogP contribution in [0.4, 0.5) is 5.13 Å². The number of hydrogen-bond acceptors (Lipinski definition) is 5. The topological polar surface area (TPSA) is 55.0 Å². The molecule has 2 N–H and O–H groups in total. The predicted molar refractivity (Wildman–Crippen MR) is 63.2 cm³/mol. The Morgan fingerprint density at radius 2 is 2.40 bits per heavy atom. The molecule has 5 heteroatoms. The van der Waals surface area contributed by atoms with Crippen LogP contribution in [0.15, 0.2) is 0 Å². The Bertz CT molecular complexity index is 325. The zero-order valence-corrected chi connectivity index (χ0v) is 10.1. The summed E-state index contributed by atoms with van der Waals surface area (Å²) >= 11 is 1.49. The summed E-state index contributed by atoms with van der Waals surface area (Å²) < 4.78 is 4.22. The molecule has 0 aromatic carbocycles. The minimum atomic E-state index is 0.600. The maximum Gasteiger partial charge on any atom is 0.205 e. The molecule has 1 aromatic rings. The molecule has 0 bridgehead atoms. The van der Waals surface area contributed by atoms with Crippen molar-refractivity contribution < 1.29 is 0 Å². The molecule has 1 aliphatic rings. The highest BCUT2D eigenvalue weighted by atomic mass is 32.1. The third-order valence-electron chi connectivity index (χ3n) is 3.20. The second kappa shape index (κ2) is 4.45. The molecule has 0 saturated carbocycles. The fourth-order valence-corrected chi connectivity index (χ4v) is 2.75. The molecule has 2 rings (SSSR count). The summed E-state index contributed by atoms with van der Waals surface area (Å²) in [7, 11) is 0. The summed E-state index contributed by atoms with van der Waals surface area (Å²) in [6.07, 6.45) is 1.21. The number of aromatic nitrogens is 2. The van der Waals surface area contributed by atoms with Crippen LogP contribution in [-0.2, 0) is 0 Å². The summed E-state index contributed by atoms with van der Waals surface area (Å²) in [5.74, 6) is 2.21. The van der Waals surface area contributed by atoms with Crippen molar-refractivity contribution in [2.75, 3.05) is 24.5 Å². The van der Waals surface area contributed by atoms with Gasteiger partial charge in [0, 0.05) is 24.6 Å². The van der Waals surface area contributed by atoms with E-state index in [1.54, 1.807) is 0 Å². The molecular weight excluding hydrogens is 208 g/mol. The smallest absolute Gasteiger partial charge is 0.205 e. The minimum Gasteiger partial charge on any atom is -0.347 e. The number of nitrogens with two attached hydrogens (primary N) is 1. The lowest BCUT2D eigenvalue weighted by Crippen LogP contribution is -2.42. The Kier molecular flexibility index (Phi) is 3.21. The lowest BCUT2D eigenvalue weighted by atomic mass is 9.87. The van der Waals surface area contributed by atoms with Gasteiger partial charge in [-0.25, -0.2) is 4.98 Å². The average Bonchev–Trinajstić information content (AvgIpc) is 2.66. The predicted octanol–water partition coefficient (Wildman–Crippen LogP) is 1.27. The molecule has 1 aliphatic heterocycles. The van der Waals surface area contributed by atoms with Gasteiger partial charge in [-0.2, -0.15) is 4.37 Å². The van der Waals surface area contributed by atoms with Gasteiger partial charge in [0.1, 0.15) is 5.82 Å². The molecule has 0 radical (unpaired) electrons. The molecule has 15 heavy (non-hydrogen) atoms. The van der Waals surface area contributed by atoms with Crippen molar-refractivity contribution in [1.29, 1.82) is 0 Å². The number of anilines is 1. The molecule has 1 saturated heterocycles. The SMILES string of the molecule is Cc1nsc(N2CCC(C)C(CN)C2)n1. The van der Waals surface area contributed by atoms with E-state index in [0.29, 0.717) is 5.92 Å². The third kappa shape index (κ3) is 2.29. The van der Waals surface area contributed by atoms with E-state index in [4.69, 9.17) is 5.73 Å². The first kappa shape index (κ1) is 10.8. The number of nitrogens with zero attached hydrogens (tertiary/aromatic N) is 3. The second-order valence-electron chi connectivity index (χ2n) is 4.33. The number of piperidine rings is 1. The largest absolute Gasteiger partial charge is 0.347 e. The zero-order valence-electron chi connectivity index (χ0n) is 9.31. The fourth-order valence-electron chi connectivity index (χ4n) is 2.04. The van der Waals surface area contributed by atoms with Crippen molar-refractivity contribution in [2.45, 2.75) is 20.3 Å². The summed E-state index contributed by atoms with van der Waals surface area (Å²) in [6.45, 7) is 7.13. The van der Waals surface area contributed by atoms with Crippen molar-refractivity contribution in [2.24, 2.45) is 17.6 Å². The van der Waals surface area contributed by atoms with Gasteiger partial charge in [-0.05, 0) is 31.7 Å². The van der Waals surface area contributed by atoms with E-state index in [1.165, 1.54) is 18.0 Å². The Hall–Kier alpha value is -0.680. The van der Waals surface area contributed by atoms with Crippen molar-refractivity contribution in [3.63, 3.8) is 0 Å².